The van der Waals surface area contributed by atoms with Crippen LogP contribution in [0.5, 0.6) is 5.75 Å². The molecule has 0 fully saturated rings. The molecule has 0 amide bonds. The average molecular weight is 210 g/mol. The number of rotatable bonds is 6. The van der Waals surface area contributed by atoms with Gasteiger partial charge in [-0.3, -0.25) is 0 Å². The molecule has 0 unspecified atom stereocenters. The first-order valence-electron chi connectivity index (χ1n) is 5.08. The Bertz CT molecular complexity index is 282. The second-order valence-corrected chi connectivity index (χ2v) is 3.17. The van der Waals surface area contributed by atoms with E-state index in [0.717, 1.165) is 12.2 Å². The summed E-state index contributed by atoms with van der Waals surface area (Å²) in [4.78, 5) is 0. The Labute approximate surface area is 91.0 Å². The summed E-state index contributed by atoms with van der Waals surface area (Å²) in [5, 5.41) is 0. The van der Waals surface area contributed by atoms with Gasteiger partial charge in [0.15, 0.2) is 6.29 Å². The average Bonchev–Trinajstić information content (AvgIpc) is 2.31. The molecule has 1 aromatic carbocycles. The lowest BCUT2D eigenvalue weighted by molar-refractivity contribution is -0.122. The van der Waals surface area contributed by atoms with Gasteiger partial charge in [-0.25, -0.2) is 0 Å². The third-order valence-electron chi connectivity index (χ3n) is 2.25. The molecule has 0 saturated heterocycles. The minimum absolute atomic E-state index is 0.310. The maximum Gasteiger partial charge on any atom is 0.191 e. The van der Waals surface area contributed by atoms with Gasteiger partial charge in [-0.1, -0.05) is 25.1 Å². The van der Waals surface area contributed by atoms with Gasteiger partial charge >= 0.3 is 0 Å². The Kier molecular flexibility index (Phi) is 5.15. The van der Waals surface area contributed by atoms with Crippen molar-refractivity contribution in [3.63, 3.8) is 0 Å². The summed E-state index contributed by atoms with van der Waals surface area (Å²) < 4.78 is 15.7. The van der Waals surface area contributed by atoms with E-state index in [9.17, 15) is 0 Å². The van der Waals surface area contributed by atoms with Crippen molar-refractivity contribution in [3.05, 3.63) is 29.8 Å². The van der Waals surface area contributed by atoms with Crippen molar-refractivity contribution in [2.24, 2.45) is 0 Å². The Hall–Kier alpha value is -1.06. The highest BCUT2D eigenvalue weighted by atomic mass is 16.7. The number of hydrogen-bond acceptors (Lipinski definition) is 3. The first kappa shape index (κ1) is 12.0. The van der Waals surface area contributed by atoms with Crippen LogP contribution in [-0.2, 0) is 15.9 Å². The summed E-state index contributed by atoms with van der Waals surface area (Å²) in [6.07, 6.45) is 0.649. The fraction of sp³-hybridized carbons (Fsp3) is 0.500. The molecule has 15 heavy (non-hydrogen) atoms. The highest BCUT2D eigenvalue weighted by Crippen LogP contribution is 2.18. The number of benzene rings is 1. The zero-order valence-corrected chi connectivity index (χ0v) is 9.53. The van der Waals surface area contributed by atoms with Crippen molar-refractivity contribution in [1.29, 1.82) is 0 Å². The van der Waals surface area contributed by atoms with Crippen LogP contribution in [-0.4, -0.2) is 27.1 Å². The van der Waals surface area contributed by atoms with Crippen molar-refractivity contribution >= 4 is 0 Å². The number of aryl methyl sites for hydroxylation is 1. The number of para-hydroxylation sites is 1. The van der Waals surface area contributed by atoms with Crippen molar-refractivity contribution in [1.82, 2.24) is 0 Å². The summed E-state index contributed by atoms with van der Waals surface area (Å²) >= 11 is 0. The molecule has 3 nitrogen and oxygen atoms in total. The molecular weight excluding hydrogens is 192 g/mol. The second kappa shape index (κ2) is 6.43. The van der Waals surface area contributed by atoms with Gasteiger partial charge in [0.05, 0.1) is 0 Å². The molecule has 0 aliphatic carbocycles. The largest absolute Gasteiger partial charge is 0.488 e. The van der Waals surface area contributed by atoms with Crippen molar-refractivity contribution < 1.29 is 14.2 Å². The highest BCUT2D eigenvalue weighted by molar-refractivity contribution is 5.33. The number of methoxy groups -OCH3 is 2. The summed E-state index contributed by atoms with van der Waals surface area (Å²) in [6.45, 7) is 2.51. The van der Waals surface area contributed by atoms with Crippen molar-refractivity contribution in [2.45, 2.75) is 19.6 Å². The van der Waals surface area contributed by atoms with Crippen molar-refractivity contribution in [3.8, 4) is 5.75 Å². The first-order chi connectivity index (χ1) is 7.31. The van der Waals surface area contributed by atoms with E-state index in [-0.39, 0.29) is 6.29 Å². The maximum atomic E-state index is 5.62. The standard InChI is InChI=1S/C12H18O3/c1-4-10-7-5-6-8-11(10)15-9-12(13-2)14-3/h5-8,12H,4,9H2,1-3H3. The van der Waals surface area contributed by atoms with Gasteiger partial charge in [-0.15, -0.1) is 0 Å². The van der Waals surface area contributed by atoms with Crippen LogP contribution < -0.4 is 4.74 Å². The summed E-state index contributed by atoms with van der Waals surface area (Å²) in [5.41, 5.74) is 1.20. The molecule has 0 aliphatic heterocycles. The minimum atomic E-state index is -0.310. The third kappa shape index (κ3) is 3.53. The lowest BCUT2D eigenvalue weighted by Gasteiger charge is -2.15. The Morgan fingerprint density at radius 3 is 2.40 bits per heavy atom. The summed E-state index contributed by atoms with van der Waals surface area (Å²) in [7, 11) is 3.20. The molecule has 0 aliphatic rings. The Morgan fingerprint density at radius 1 is 1.13 bits per heavy atom. The molecular formula is C12H18O3. The molecule has 0 bridgehead atoms. The molecule has 0 heterocycles. The lowest BCUT2D eigenvalue weighted by atomic mass is 10.1. The monoisotopic (exact) mass is 210 g/mol. The Morgan fingerprint density at radius 2 is 1.80 bits per heavy atom. The van der Waals surface area contributed by atoms with Crippen LogP contribution in [0, 0.1) is 0 Å². The molecule has 1 rings (SSSR count). The molecule has 0 N–H and O–H groups in total. The van der Waals surface area contributed by atoms with Crippen LogP contribution >= 0.6 is 0 Å². The number of hydrogen-bond donors (Lipinski definition) is 0. The van der Waals surface area contributed by atoms with Gasteiger partial charge in [0.1, 0.15) is 12.4 Å². The van der Waals surface area contributed by atoms with Crippen LogP contribution in [0.4, 0.5) is 0 Å². The van der Waals surface area contributed by atoms with Gasteiger partial charge in [0, 0.05) is 14.2 Å². The molecule has 84 valence electrons. The fourth-order valence-electron chi connectivity index (χ4n) is 1.33. The molecule has 3 heteroatoms. The van der Waals surface area contributed by atoms with Gasteiger partial charge in [-0.2, -0.15) is 0 Å². The number of ether oxygens (including phenoxy) is 3. The van der Waals surface area contributed by atoms with E-state index in [4.69, 9.17) is 14.2 Å². The topological polar surface area (TPSA) is 27.7 Å². The predicted octanol–water partition coefficient (Wildman–Crippen LogP) is 2.25. The van der Waals surface area contributed by atoms with Crippen LogP contribution in [0.3, 0.4) is 0 Å². The van der Waals surface area contributed by atoms with Crippen LogP contribution in [0.25, 0.3) is 0 Å². The fourth-order valence-corrected chi connectivity index (χ4v) is 1.33. The zero-order valence-electron chi connectivity index (χ0n) is 9.53. The molecule has 0 atom stereocenters. The normalized spacial score (nSPS) is 10.7. The van der Waals surface area contributed by atoms with E-state index in [2.05, 4.69) is 13.0 Å². The van der Waals surface area contributed by atoms with Gasteiger partial charge in [0.25, 0.3) is 0 Å². The quantitative estimate of drug-likeness (QED) is 0.674. The van der Waals surface area contributed by atoms with Gasteiger partial charge in [-0.05, 0) is 18.1 Å². The lowest BCUT2D eigenvalue weighted by Crippen LogP contribution is -2.22. The smallest absolute Gasteiger partial charge is 0.191 e. The first-order valence-corrected chi connectivity index (χ1v) is 5.08. The van der Waals surface area contributed by atoms with E-state index in [1.54, 1.807) is 14.2 Å². The van der Waals surface area contributed by atoms with Crippen LogP contribution in [0.15, 0.2) is 24.3 Å². The molecule has 0 aromatic heterocycles. The van der Waals surface area contributed by atoms with Gasteiger partial charge < -0.3 is 14.2 Å². The Balaban J connectivity index is 2.56. The molecule has 1 aromatic rings. The van der Waals surface area contributed by atoms with Crippen LogP contribution in [0.1, 0.15) is 12.5 Å². The molecule has 0 saturated carbocycles. The van der Waals surface area contributed by atoms with E-state index in [0.29, 0.717) is 6.61 Å². The minimum Gasteiger partial charge on any atom is -0.488 e. The van der Waals surface area contributed by atoms with E-state index >= 15 is 0 Å². The van der Waals surface area contributed by atoms with Gasteiger partial charge in [0.2, 0.25) is 0 Å². The SMILES string of the molecule is CCc1ccccc1OCC(OC)OC. The molecule has 0 spiro atoms. The summed E-state index contributed by atoms with van der Waals surface area (Å²) in [6, 6.07) is 7.99. The highest BCUT2D eigenvalue weighted by Gasteiger charge is 2.07. The van der Waals surface area contributed by atoms with Crippen molar-refractivity contribution in [2.75, 3.05) is 20.8 Å². The predicted molar refractivity (Wildman–Crippen MR) is 59.1 cm³/mol. The van der Waals surface area contributed by atoms with E-state index < -0.39 is 0 Å². The molecule has 0 radical (unpaired) electrons. The maximum absolute atomic E-state index is 5.62. The second-order valence-electron chi connectivity index (χ2n) is 3.17. The zero-order chi connectivity index (χ0) is 11.1. The van der Waals surface area contributed by atoms with E-state index in [1.165, 1.54) is 5.56 Å². The third-order valence-corrected chi connectivity index (χ3v) is 2.25. The van der Waals surface area contributed by atoms with Crippen LogP contribution in [0.2, 0.25) is 0 Å². The summed E-state index contributed by atoms with van der Waals surface area (Å²) in [5.74, 6) is 0.902. The van der Waals surface area contributed by atoms with E-state index in [1.807, 2.05) is 18.2 Å².